The van der Waals surface area contributed by atoms with Crippen molar-refractivity contribution in [1.29, 1.82) is 0 Å². The molecule has 0 aliphatic carbocycles. The van der Waals surface area contributed by atoms with Crippen LogP contribution in [0.1, 0.15) is 19.0 Å². The van der Waals surface area contributed by atoms with Crippen LogP contribution in [0.4, 0.5) is 0 Å². The molecule has 0 N–H and O–H groups in total. The molecule has 0 amide bonds. The summed E-state index contributed by atoms with van der Waals surface area (Å²) in [5.41, 5.74) is 0.799. The molecule has 0 bridgehead atoms. The van der Waals surface area contributed by atoms with Crippen molar-refractivity contribution in [3.8, 4) is 0 Å². The summed E-state index contributed by atoms with van der Waals surface area (Å²) in [6, 6.07) is 5.56. The van der Waals surface area contributed by atoms with Crippen molar-refractivity contribution in [3.05, 3.63) is 30.1 Å². The molecule has 14 heavy (non-hydrogen) atoms. The lowest BCUT2D eigenvalue weighted by Gasteiger charge is -2.10. The standard InChI is InChI=1S/C11H15NO2/c1-3-11(14-2)10(13)8-9-6-4-5-7-12-9/h4-7,11H,3,8H2,1-2H3. The van der Waals surface area contributed by atoms with Crippen LogP contribution in [-0.2, 0) is 16.0 Å². The van der Waals surface area contributed by atoms with Gasteiger partial charge in [-0.15, -0.1) is 0 Å². The minimum Gasteiger partial charge on any atom is -0.374 e. The fourth-order valence-electron chi connectivity index (χ4n) is 1.32. The van der Waals surface area contributed by atoms with Gasteiger partial charge in [-0.25, -0.2) is 0 Å². The number of Topliss-reactive ketones (excluding diaryl/α,β-unsaturated/α-hetero) is 1. The average molecular weight is 193 g/mol. The molecule has 1 aromatic rings. The quantitative estimate of drug-likeness (QED) is 0.713. The van der Waals surface area contributed by atoms with Gasteiger partial charge in [0.15, 0.2) is 5.78 Å². The molecule has 0 radical (unpaired) electrons. The number of aromatic nitrogens is 1. The SMILES string of the molecule is CCC(OC)C(=O)Cc1ccccn1. The van der Waals surface area contributed by atoms with E-state index in [0.717, 1.165) is 5.69 Å². The van der Waals surface area contributed by atoms with Crippen LogP contribution in [0.3, 0.4) is 0 Å². The molecule has 0 fully saturated rings. The minimum absolute atomic E-state index is 0.0914. The van der Waals surface area contributed by atoms with Crippen LogP contribution in [-0.4, -0.2) is 24.0 Å². The van der Waals surface area contributed by atoms with E-state index in [-0.39, 0.29) is 11.9 Å². The summed E-state index contributed by atoms with van der Waals surface area (Å²) in [6.07, 6.45) is 2.46. The molecule has 0 aliphatic heterocycles. The highest BCUT2D eigenvalue weighted by atomic mass is 16.5. The van der Waals surface area contributed by atoms with Gasteiger partial charge in [0.1, 0.15) is 6.10 Å². The zero-order valence-electron chi connectivity index (χ0n) is 8.56. The average Bonchev–Trinajstić information content (AvgIpc) is 2.21. The number of carbonyl (C=O) groups excluding carboxylic acids is 1. The fraction of sp³-hybridized carbons (Fsp3) is 0.455. The Morgan fingerprint density at radius 3 is 2.86 bits per heavy atom. The van der Waals surface area contributed by atoms with Crippen molar-refractivity contribution in [2.75, 3.05) is 7.11 Å². The third-order valence-electron chi connectivity index (χ3n) is 2.10. The summed E-state index contributed by atoms with van der Waals surface area (Å²) in [6.45, 7) is 1.94. The van der Waals surface area contributed by atoms with Crippen LogP contribution >= 0.6 is 0 Å². The van der Waals surface area contributed by atoms with Crippen molar-refractivity contribution in [2.24, 2.45) is 0 Å². The smallest absolute Gasteiger partial charge is 0.167 e. The third kappa shape index (κ3) is 2.92. The summed E-state index contributed by atoms with van der Waals surface area (Å²) < 4.78 is 5.06. The van der Waals surface area contributed by atoms with Crippen LogP contribution in [0.25, 0.3) is 0 Å². The van der Waals surface area contributed by atoms with Gasteiger partial charge < -0.3 is 4.74 Å². The first-order chi connectivity index (χ1) is 6.77. The molecule has 76 valence electrons. The highest BCUT2D eigenvalue weighted by Gasteiger charge is 2.15. The van der Waals surface area contributed by atoms with Crippen LogP contribution < -0.4 is 0 Å². The number of carbonyl (C=O) groups is 1. The normalized spacial score (nSPS) is 12.4. The lowest BCUT2D eigenvalue weighted by Crippen LogP contribution is -2.24. The molecule has 3 nitrogen and oxygen atoms in total. The van der Waals surface area contributed by atoms with Gasteiger partial charge in [-0.3, -0.25) is 9.78 Å². The van der Waals surface area contributed by atoms with Gasteiger partial charge in [0, 0.05) is 19.0 Å². The summed E-state index contributed by atoms with van der Waals surface area (Å²) in [5, 5.41) is 0. The Bertz CT molecular complexity index is 281. The van der Waals surface area contributed by atoms with E-state index in [1.165, 1.54) is 0 Å². The molecule has 0 saturated heterocycles. The first-order valence-electron chi connectivity index (χ1n) is 4.73. The number of nitrogens with zero attached hydrogens (tertiary/aromatic N) is 1. The first-order valence-corrected chi connectivity index (χ1v) is 4.73. The number of pyridine rings is 1. The number of methoxy groups -OCH3 is 1. The van der Waals surface area contributed by atoms with Gasteiger partial charge in [0.05, 0.1) is 6.42 Å². The Morgan fingerprint density at radius 2 is 2.36 bits per heavy atom. The molecular formula is C11H15NO2. The lowest BCUT2D eigenvalue weighted by atomic mass is 10.1. The van der Waals surface area contributed by atoms with Crippen molar-refractivity contribution < 1.29 is 9.53 Å². The van der Waals surface area contributed by atoms with Gasteiger partial charge in [0.25, 0.3) is 0 Å². The van der Waals surface area contributed by atoms with Gasteiger partial charge in [-0.05, 0) is 18.6 Å². The Kier molecular flexibility index (Phi) is 4.26. The molecule has 0 aliphatic rings. The molecule has 0 saturated carbocycles. The van der Waals surface area contributed by atoms with Gasteiger partial charge in [-0.1, -0.05) is 13.0 Å². The molecule has 1 heterocycles. The van der Waals surface area contributed by atoms with E-state index in [4.69, 9.17) is 4.74 Å². The summed E-state index contributed by atoms with van der Waals surface area (Å²) in [5.74, 6) is 0.0914. The Morgan fingerprint density at radius 1 is 1.57 bits per heavy atom. The highest BCUT2D eigenvalue weighted by Crippen LogP contribution is 2.03. The van der Waals surface area contributed by atoms with Crippen LogP contribution in [0.2, 0.25) is 0 Å². The number of rotatable bonds is 5. The molecule has 3 heteroatoms. The van der Waals surface area contributed by atoms with E-state index in [1.807, 2.05) is 25.1 Å². The topological polar surface area (TPSA) is 39.2 Å². The van der Waals surface area contributed by atoms with E-state index < -0.39 is 0 Å². The highest BCUT2D eigenvalue weighted by molar-refractivity contribution is 5.84. The van der Waals surface area contributed by atoms with Crippen molar-refractivity contribution in [2.45, 2.75) is 25.9 Å². The molecule has 1 aromatic heterocycles. The van der Waals surface area contributed by atoms with E-state index >= 15 is 0 Å². The van der Waals surface area contributed by atoms with Gasteiger partial charge in [0.2, 0.25) is 0 Å². The second-order valence-corrected chi connectivity index (χ2v) is 3.10. The maximum atomic E-state index is 11.6. The fourth-order valence-corrected chi connectivity index (χ4v) is 1.32. The maximum absolute atomic E-state index is 11.6. The Balaban J connectivity index is 2.57. The molecule has 1 rings (SSSR count). The zero-order chi connectivity index (χ0) is 10.4. The van der Waals surface area contributed by atoms with Crippen LogP contribution in [0.5, 0.6) is 0 Å². The van der Waals surface area contributed by atoms with E-state index in [2.05, 4.69) is 4.98 Å². The van der Waals surface area contributed by atoms with Crippen molar-refractivity contribution in [1.82, 2.24) is 4.98 Å². The monoisotopic (exact) mass is 193 g/mol. The number of hydrogen-bond acceptors (Lipinski definition) is 3. The molecule has 0 aromatic carbocycles. The van der Waals surface area contributed by atoms with E-state index in [0.29, 0.717) is 12.8 Å². The first kappa shape index (κ1) is 10.9. The van der Waals surface area contributed by atoms with Gasteiger partial charge in [-0.2, -0.15) is 0 Å². The summed E-state index contributed by atoms with van der Waals surface area (Å²) >= 11 is 0. The maximum Gasteiger partial charge on any atom is 0.167 e. The van der Waals surface area contributed by atoms with Crippen LogP contribution in [0, 0.1) is 0 Å². The Labute approximate surface area is 84.1 Å². The molecule has 0 spiro atoms. The lowest BCUT2D eigenvalue weighted by molar-refractivity contribution is -0.128. The predicted molar refractivity (Wildman–Crippen MR) is 54.0 cm³/mol. The molecule has 1 atom stereocenters. The summed E-state index contributed by atoms with van der Waals surface area (Å²) in [7, 11) is 1.56. The molecule has 1 unspecified atom stereocenters. The predicted octanol–water partition coefficient (Wildman–Crippen LogP) is 1.62. The second-order valence-electron chi connectivity index (χ2n) is 3.10. The van der Waals surface area contributed by atoms with Crippen molar-refractivity contribution >= 4 is 5.78 Å². The third-order valence-corrected chi connectivity index (χ3v) is 2.10. The number of ether oxygens (including phenoxy) is 1. The second kappa shape index (κ2) is 5.50. The Hall–Kier alpha value is -1.22. The largest absolute Gasteiger partial charge is 0.374 e. The number of hydrogen-bond donors (Lipinski definition) is 0. The van der Waals surface area contributed by atoms with Crippen LogP contribution in [0.15, 0.2) is 24.4 Å². The minimum atomic E-state index is -0.294. The zero-order valence-corrected chi connectivity index (χ0v) is 8.56. The van der Waals surface area contributed by atoms with Gasteiger partial charge >= 0.3 is 0 Å². The summed E-state index contributed by atoms with van der Waals surface area (Å²) in [4.78, 5) is 15.7. The van der Waals surface area contributed by atoms with E-state index in [9.17, 15) is 4.79 Å². The van der Waals surface area contributed by atoms with Crippen molar-refractivity contribution in [3.63, 3.8) is 0 Å². The molecular weight excluding hydrogens is 178 g/mol. The van der Waals surface area contributed by atoms with E-state index in [1.54, 1.807) is 13.3 Å². The number of ketones is 1.